The van der Waals surface area contributed by atoms with Crippen LogP contribution in [-0.2, 0) is 4.79 Å². The molecule has 4 N–H and O–H groups in total. The molecule has 1 heterocycles. The van der Waals surface area contributed by atoms with Gasteiger partial charge in [0.05, 0.1) is 10.8 Å². The number of rotatable bonds is 5. The normalized spacial score (nSPS) is 21.0. The van der Waals surface area contributed by atoms with Crippen molar-refractivity contribution in [3.8, 4) is 0 Å². The number of amides is 2. The zero-order valence-electron chi connectivity index (χ0n) is 14.9. The number of nitrogens with two attached hydrogens (primary N) is 1. The highest BCUT2D eigenvalue weighted by Crippen LogP contribution is 2.22. The Hall–Kier alpha value is -2.18. The van der Waals surface area contributed by atoms with Crippen LogP contribution in [0.2, 0.25) is 0 Å². The van der Waals surface area contributed by atoms with E-state index in [2.05, 4.69) is 10.6 Å². The molecule has 1 unspecified atom stereocenters. The molecule has 2 amide bonds. The molecule has 0 spiro atoms. The Balaban J connectivity index is 1.55. The van der Waals surface area contributed by atoms with Crippen LogP contribution in [0.5, 0.6) is 0 Å². The van der Waals surface area contributed by atoms with Crippen molar-refractivity contribution in [1.82, 2.24) is 5.32 Å². The Morgan fingerprint density at radius 1 is 1.12 bits per heavy atom. The van der Waals surface area contributed by atoms with Crippen LogP contribution in [0.3, 0.4) is 0 Å². The second-order valence-electron chi connectivity index (χ2n) is 6.90. The van der Waals surface area contributed by atoms with Gasteiger partial charge in [-0.1, -0.05) is 18.2 Å². The molecule has 0 saturated heterocycles. The Labute approximate surface area is 158 Å². The number of anilines is 1. The summed E-state index contributed by atoms with van der Waals surface area (Å²) < 4.78 is 0. The monoisotopic (exact) mass is 371 g/mol. The third-order valence-corrected chi connectivity index (χ3v) is 5.79. The predicted molar refractivity (Wildman–Crippen MR) is 106 cm³/mol. The Bertz CT molecular complexity index is 735. The number of carbonyl (C=O) groups excluding carboxylic acids is 2. The number of carbonyl (C=O) groups is 2. The predicted octanol–water partition coefficient (Wildman–Crippen LogP) is 3.49. The first-order valence-electron chi connectivity index (χ1n) is 9.03. The van der Waals surface area contributed by atoms with Gasteiger partial charge in [0, 0.05) is 17.8 Å². The van der Waals surface area contributed by atoms with Crippen molar-refractivity contribution >= 4 is 28.8 Å². The highest BCUT2D eigenvalue weighted by molar-refractivity contribution is 7.12. The first-order valence-corrected chi connectivity index (χ1v) is 9.91. The lowest BCUT2D eigenvalue weighted by Gasteiger charge is -2.28. The van der Waals surface area contributed by atoms with E-state index >= 15 is 0 Å². The van der Waals surface area contributed by atoms with Gasteiger partial charge in [0.2, 0.25) is 5.91 Å². The number of benzene rings is 1. The van der Waals surface area contributed by atoms with Crippen molar-refractivity contribution in [1.29, 1.82) is 0 Å². The molecular weight excluding hydrogens is 346 g/mol. The number of nitrogens with one attached hydrogen (secondary N) is 2. The summed E-state index contributed by atoms with van der Waals surface area (Å²) >= 11 is 1.41. The van der Waals surface area contributed by atoms with Crippen LogP contribution in [0, 0.1) is 0 Å². The lowest BCUT2D eigenvalue weighted by atomic mass is 9.91. The number of hydrogen-bond donors (Lipinski definition) is 3. The lowest BCUT2D eigenvalue weighted by Crippen LogP contribution is -2.42. The fourth-order valence-corrected chi connectivity index (χ4v) is 3.82. The second-order valence-corrected chi connectivity index (χ2v) is 7.84. The fraction of sp³-hybridized carbons (Fsp3) is 0.400. The molecule has 138 valence electrons. The SMILES string of the molecule is CC(C(=O)NC1CCC(N)CC1)c1ccc(NC(=O)c2cccs2)cc1. The largest absolute Gasteiger partial charge is 0.353 e. The summed E-state index contributed by atoms with van der Waals surface area (Å²) in [5.41, 5.74) is 7.57. The maximum atomic E-state index is 12.5. The van der Waals surface area contributed by atoms with E-state index in [1.807, 2.05) is 42.6 Å². The van der Waals surface area contributed by atoms with E-state index < -0.39 is 0 Å². The zero-order chi connectivity index (χ0) is 18.5. The Morgan fingerprint density at radius 3 is 2.42 bits per heavy atom. The molecule has 0 bridgehead atoms. The topological polar surface area (TPSA) is 84.2 Å². The Kier molecular flexibility index (Phi) is 6.06. The van der Waals surface area contributed by atoms with E-state index in [-0.39, 0.29) is 29.8 Å². The summed E-state index contributed by atoms with van der Waals surface area (Å²) in [6, 6.07) is 11.6. The van der Waals surface area contributed by atoms with Crippen LogP contribution in [0.1, 0.15) is 53.8 Å². The van der Waals surface area contributed by atoms with Gasteiger partial charge >= 0.3 is 0 Å². The molecule has 1 fully saturated rings. The van der Waals surface area contributed by atoms with Gasteiger partial charge in [-0.25, -0.2) is 0 Å². The molecule has 1 aliphatic carbocycles. The van der Waals surface area contributed by atoms with Crippen LogP contribution in [0.15, 0.2) is 41.8 Å². The summed E-state index contributed by atoms with van der Waals surface area (Å²) in [4.78, 5) is 25.2. The minimum Gasteiger partial charge on any atom is -0.353 e. The van der Waals surface area contributed by atoms with Crippen molar-refractivity contribution in [3.63, 3.8) is 0 Å². The standard InChI is InChI=1S/C20H25N3O2S/c1-13(19(24)22-17-10-6-15(21)7-11-17)14-4-8-16(9-5-14)23-20(25)18-3-2-12-26-18/h2-5,8-9,12-13,15,17H,6-7,10-11,21H2,1H3,(H,22,24)(H,23,25). The van der Waals surface area contributed by atoms with E-state index in [1.165, 1.54) is 11.3 Å². The summed E-state index contributed by atoms with van der Waals surface area (Å²) in [6.45, 7) is 1.91. The van der Waals surface area contributed by atoms with Gasteiger partial charge in [-0.05, 0) is 61.7 Å². The molecule has 2 aromatic rings. The van der Waals surface area contributed by atoms with Crippen LogP contribution < -0.4 is 16.4 Å². The lowest BCUT2D eigenvalue weighted by molar-refractivity contribution is -0.123. The van der Waals surface area contributed by atoms with Crippen molar-refractivity contribution in [2.75, 3.05) is 5.32 Å². The van der Waals surface area contributed by atoms with E-state index in [0.717, 1.165) is 36.9 Å². The molecule has 1 aromatic heterocycles. The molecule has 1 atom stereocenters. The molecule has 1 aliphatic rings. The number of thiophene rings is 1. The zero-order valence-corrected chi connectivity index (χ0v) is 15.7. The van der Waals surface area contributed by atoms with Gasteiger partial charge in [-0.2, -0.15) is 0 Å². The molecule has 1 aromatic carbocycles. The average molecular weight is 372 g/mol. The smallest absolute Gasteiger partial charge is 0.265 e. The molecule has 6 heteroatoms. The van der Waals surface area contributed by atoms with Gasteiger partial charge in [0.25, 0.3) is 5.91 Å². The van der Waals surface area contributed by atoms with E-state index in [0.29, 0.717) is 4.88 Å². The van der Waals surface area contributed by atoms with Crippen molar-refractivity contribution in [2.45, 2.75) is 50.6 Å². The summed E-state index contributed by atoms with van der Waals surface area (Å²) in [6.07, 6.45) is 3.84. The third-order valence-electron chi connectivity index (χ3n) is 4.93. The molecule has 5 nitrogen and oxygen atoms in total. The second kappa shape index (κ2) is 8.47. The quantitative estimate of drug-likeness (QED) is 0.752. The first-order chi connectivity index (χ1) is 12.5. The Morgan fingerprint density at radius 2 is 1.81 bits per heavy atom. The molecule has 0 radical (unpaired) electrons. The van der Waals surface area contributed by atoms with E-state index in [9.17, 15) is 9.59 Å². The number of hydrogen-bond acceptors (Lipinski definition) is 4. The molecule has 0 aliphatic heterocycles. The van der Waals surface area contributed by atoms with Gasteiger partial charge in [0.1, 0.15) is 0 Å². The third kappa shape index (κ3) is 4.71. The first kappa shape index (κ1) is 18.6. The fourth-order valence-electron chi connectivity index (χ4n) is 3.20. The van der Waals surface area contributed by atoms with Crippen molar-refractivity contribution < 1.29 is 9.59 Å². The van der Waals surface area contributed by atoms with E-state index in [4.69, 9.17) is 5.73 Å². The minimum atomic E-state index is -0.229. The summed E-state index contributed by atoms with van der Waals surface area (Å²) in [5.74, 6) is -0.303. The van der Waals surface area contributed by atoms with Crippen LogP contribution >= 0.6 is 11.3 Å². The van der Waals surface area contributed by atoms with Crippen molar-refractivity contribution in [3.05, 3.63) is 52.2 Å². The van der Waals surface area contributed by atoms with Gasteiger partial charge < -0.3 is 16.4 Å². The molecule has 26 heavy (non-hydrogen) atoms. The van der Waals surface area contributed by atoms with E-state index in [1.54, 1.807) is 6.07 Å². The highest BCUT2D eigenvalue weighted by atomic mass is 32.1. The average Bonchev–Trinajstić information content (AvgIpc) is 3.18. The molecular formula is C20H25N3O2S. The van der Waals surface area contributed by atoms with Gasteiger partial charge in [-0.3, -0.25) is 9.59 Å². The van der Waals surface area contributed by atoms with Gasteiger partial charge in [0.15, 0.2) is 0 Å². The summed E-state index contributed by atoms with van der Waals surface area (Å²) in [5, 5.41) is 7.88. The van der Waals surface area contributed by atoms with Crippen LogP contribution in [-0.4, -0.2) is 23.9 Å². The minimum absolute atomic E-state index is 0.0424. The van der Waals surface area contributed by atoms with Crippen LogP contribution in [0.4, 0.5) is 5.69 Å². The summed E-state index contributed by atoms with van der Waals surface area (Å²) in [7, 11) is 0. The molecule has 1 saturated carbocycles. The maximum Gasteiger partial charge on any atom is 0.265 e. The van der Waals surface area contributed by atoms with Gasteiger partial charge in [-0.15, -0.1) is 11.3 Å². The van der Waals surface area contributed by atoms with Crippen LogP contribution in [0.25, 0.3) is 0 Å². The maximum absolute atomic E-state index is 12.5. The van der Waals surface area contributed by atoms with Crippen molar-refractivity contribution in [2.24, 2.45) is 5.73 Å². The highest BCUT2D eigenvalue weighted by Gasteiger charge is 2.23. The molecule has 3 rings (SSSR count).